The van der Waals surface area contributed by atoms with E-state index in [4.69, 9.17) is 0 Å². The fraction of sp³-hybridized carbons (Fsp3) is 0.400. The summed E-state index contributed by atoms with van der Waals surface area (Å²) in [6, 6.07) is 3.89. The molecule has 0 saturated carbocycles. The lowest BCUT2D eigenvalue weighted by Gasteiger charge is -2.36. The second-order valence-electron chi connectivity index (χ2n) is 5.96. The van der Waals surface area contributed by atoms with Crippen molar-refractivity contribution < 1.29 is 0 Å². The number of fused-ring (bicyclic) bond motifs is 1. The van der Waals surface area contributed by atoms with E-state index in [-0.39, 0.29) is 5.56 Å². The molecule has 0 amide bonds. The number of piperazine rings is 1. The first-order chi connectivity index (χ1) is 12.0. The number of halogens is 1. The zero-order valence-corrected chi connectivity index (χ0v) is 15.5. The number of nitrogens with zero attached hydrogens (tertiary/aromatic N) is 8. The highest BCUT2D eigenvalue weighted by atomic mass is 79.9. The van der Waals surface area contributed by atoms with Crippen LogP contribution in [0.1, 0.15) is 5.82 Å². The summed E-state index contributed by atoms with van der Waals surface area (Å²) in [5, 5.41) is 16.8. The molecule has 10 heteroatoms. The van der Waals surface area contributed by atoms with Crippen molar-refractivity contribution in [2.45, 2.75) is 6.92 Å². The van der Waals surface area contributed by atoms with Crippen LogP contribution in [0, 0.1) is 6.92 Å². The van der Waals surface area contributed by atoms with Crippen LogP contribution in [0.5, 0.6) is 0 Å². The lowest BCUT2D eigenvalue weighted by atomic mass is 10.3. The number of anilines is 2. The van der Waals surface area contributed by atoms with Crippen LogP contribution in [0.2, 0.25) is 0 Å². The van der Waals surface area contributed by atoms with Gasteiger partial charge in [0.1, 0.15) is 10.3 Å². The summed E-state index contributed by atoms with van der Waals surface area (Å²) in [4.78, 5) is 16.4. The van der Waals surface area contributed by atoms with E-state index in [1.54, 1.807) is 17.8 Å². The minimum atomic E-state index is -0.130. The van der Waals surface area contributed by atoms with Gasteiger partial charge in [-0.1, -0.05) is 0 Å². The number of hydrogen-bond donors (Lipinski definition) is 0. The fourth-order valence-electron chi connectivity index (χ4n) is 2.95. The van der Waals surface area contributed by atoms with Gasteiger partial charge in [-0.05, 0) is 35.0 Å². The van der Waals surface area contributed by atoms with Gasteiger partial charge in [-0.25, -0.2) is 4.68 Å². The summed E-state index contributed by atoms with van der Waals surface area (Å²) >= 11 is 3.40. The van der Waals surface area contributed by atoms with E-state index >= 15 is 0 Å². The number of aryl methyl sites for hydroxylation is 2. The molecule has 1 fully saturated rings. The van der Waals surface area contributed by atoms with Gasteiger partial charge in [0.2, 0.25) is 0 Å². The molecule has 3 aromatic rings. The van der Waals surface area contributed by atoms with Crippen LogP contribution >= 0.6 is 15.9 Å². The maximum Gasteiger partial charge on any atom is 0.282 e. The third-order valence-electron chi connectivity index (χ3n) is 4.41. The molecule has 0 atom stereocenters. The Balaban J connectivity index is 1.53. The van der Waals surface area contributed by atoms with Gasteiger partial charge in [-0.15, -0.1) is 15.3 Å². The van der Waals surface area contributed by atoms with Crippen molar-refractivity contribution in [1.82, 2.24) is 29.6 Å². The summed E-state index contributed by atoms with van der Waals surface area (Å²) < 4.78 is 3.63. The zero-order chi connectivity index (χ0) is 17.6. The molecule has 4 heterocycles. The molecule has 9 nitrogen and oxygen atoms in total. The molecule has 0 spiro atoms. The van der Waals surface area contributed by atoms with Crippen LogP contribution in [0.4, 0.5) is 11.5 Å². The molecule has 130 valence electrons. The zero-order valence-electron chi connectivity index (χ0n) is 13.9. The monoisotopic (exact) mass is 404 g/mol. The molecule has 0 bridgehead atoms. The Morgan fingerprint density at radius 1 is 1.08 bits per heavy atom. The molecule has 0 aromatic carbocycles. The summed E-state index contributed by atoms with van der Waals surface area (Å²) in [6.45, 7) is 5.07. The molecule has 1 aliphatic heterocycles. The predicted molar refractivity (Wildman–Crippen MR) is 97.1 cm³/mol. The van der Waals surface area contributed by atoms with Gasteiger partial charge in [0.05, 0.1) is 11.9 Å². The van der Waals surface area contributed by atoms with Gasteiger partial charge in [0.15, 0.2) is 11.5 Å². The summed E-state index contributed by atoms with van der Waals surface area (Å²) in [7, 11) is 1.64. The number of hydrogen-bond acceptors (Lipinski definition) is 7. The van der Waals surface area contributed by atoms with Crippen LogP contribution in [0.3, 0.4) is 0 Å². The average Bonchev–Trinajstić information content (AvgIpc) is 3.01. The fourth-order valence-corrected chi connectivity index (χ4v) is 3.56. The predicted octanol–water partition coefficient (Wildman–Crippen LogP) is 0.616. The highest BCUT2D eigenvalue weighted by molar-refractivity contribution is 9.10. The third kappa shape index (κ3) is 2.76. The van der Waals surface area contributed by atoms with Gasteiger partial charge in [0, 0.05) is 33.2 Å². The molecule has 0 aliphatic carbocycles. The van der Waals surface area contributed by atoms with Crippen LogP contribution in [-0.4, -0.2) is 55.8 Å². The van der Waals surface area contributed by atoms with Crippen molar-refractivity contribution in [1.29, 1.82) is 0 Å². The Hall–Kier alpha value is -2.49. The molecule has 4 rings (SSSR count). The van der Waals surface area contributed by atoms with Crippen molar-refractivity contribution in [3.05, 3.63) is 39.0 Å². The maximum atomic E-state index is 12.0. The molecule has 0 unspecified atom stereocenters. The lowest BCUT2D eigenvalue weighted by Crippen LogP contribution is -2.47. The SMILES string of the molecule is Cc1nnc2ccc(N3CCN(c4cnn(C)c(=O)c4Br)CC3)nn12. The van der Waals surface area contributed by atoms with E-state index in [2.05, 4.69) is 46.1 Å². The van der Waals surface area contributed by atoms with E-state index in [0.717, 1.165) is 49.2 Å². The third-order valence-corrected chi connectivity index (χ3v) is 5.15. The summed E-state index contributed by atoms with van der Waals surface area (Å²) in [5.41, 5.74) is 1.45. The van der Waals surface area contributed by atoms with Gasteiger partial charge in [-0.2, -0.15) is 9.61 Å². The Bertz CT molecular complexity index is 989. The molecular weight excluding hydrogens is 388 g/mol. The molecule has 1 aliphatic rings. The van der Waals surface area contributed by atoms with Gasteiger partial charge < -0.3 is 9.80 Å². The minimum absolute atomic E-state index is 0.130. The molecule has 3 aromatic heterocycles. The van der Waals surface area contributed by atoms with E-state index in [1.807, 2.05) is 19.1 Å². The standard InChI is InChI=1S/C15H17BrN8O/c1-10-18-19-12-3-4-13(20-24(10)12)23-7-5-22(6-8-23)11-9-17-21(2)15(25)14(11)16/h3-4,9H,5-8H2,1-2H3. The van der Waals surface area contributed by atoms with Crippen LogP contribution in [-0.2, 0) is 7.05 Å². The number of aromatic nitrogens is 6. The van der Waals surface area contributed by atoms with Crippen molar-refractivity contribution in [3.63, 3.8) is 0 Å². The first kappa shape index (κ1) is 16.0. The first-order valence-electron chi connectivity index (χ1n) is 7.95. The molecule has 0 radical (unpaired) electrons. The first-order valence-corrected chi connectivity index (χ1v) is 8.74. The maximum absolute atomic E-state index is 12.0. The summed E-state index contributed by atoms with van der Waals surface area (Å²) in [6.07, 6.45) is 1.73. The van der Waals surface area contributed by atoms with E-state index in [9.17, 15) is 4.79 Å². The normalized spacial score (nSPS) is 15.2. The average molecular weight is 405 g/mol. The van der Waals surface area contributed by atoms with Crippen molar-refractivity contribution in [2.75, 3.05) is 36.0 Å². The molecule has 0 N–H and O–H groups in total. The lowest BCUT2D eigenvalue weighted by molar-refractivity contribution is 0.631. The quantitative estimate of drug-likeness (QED) is 0.618. The Morgan fingerprint density at radius 2 is 1.80 bits per heavy atom. The topological polar surface area (TPSA) is 84.5 Å². The Labute approximate surface area is 152 Å². The van der Waals surface area contributed by atoms with Crippen LogP contribution in [0.25, 0.3) is 5.65 Å². The van der Waals surface area contributed by atoms with Gasteiger partial charge in [-0.3, -0.25) is 4.79 Å². The van der Waals surface area contributed by atoms with E-state index in [1.165, 1.54) is 4.68 Å². The van der Waals surface area contributed by atoms with Crippen molar-refractivity contribution >= 4 is 33.1 Å². The second-order valence-corrected chi connectivity index (χ2v) is 6.75. The smallest absolute Gasteiger partial charge is 0.282 e. The molecule has 25 heavy (non-hydrogen) atoms. The van der Waals surface area contributed by atoms with Crippen molar-refractivity contribution in [2.24, 2.45) is 7.05 Å². The molecular formula is C15H17BrN8O. The van der Waals surface area contributed by atoms with E-state index in [0.29, 0.717) is 4.47 Å². The summed E-state index contributed by atoms with van der Waals surface area (Å²) in [5.74, 6) is 1.67. The largest absolute Gasteiger partial charge is 0.366 e. The van der Waals surface area contributed by atoms with Gasteiger partial charge in [0.25, 0.3) is 5.56 Å². The second kappa shape index (κ2) is 6.10. The molecule has 1 saturated heterocycles. The van der Waals surface area contributed by atoms with Crippen LogP contribution in [0.15, 0.2) is 27.6 Å². The Kier molecular flexibility index (Phi) is 3.91. The minimum Gasteiger partial charge on any atom is -0.366 e. The Morgan fingerprint density at radius 3 is 2.56 bits per heavy atom. The van der Waals surface area contributed by atoms with Gasteiger partial charge >= 0.3 is 0 Å². The van der Waals surface area contributed by atoms with E-state index < -0.39 is 0 Å². The number of rotatable bonds is 2. The highest BCUT2D eigenvalue weighted by Gasteiger charge is 2.22. The van der Waals surface area contributed by atoms with Crippen LogP contribution < -0.4 is 15.4 Å². The van der Waals surface area contributed by atoms with Crippen molar-refractivity contribution in [3.8, 4) is 0 Å². The highest BCUT2D eigenvalue weighted by Crippen LogP contribution is 2.24.